The van der Waals surface area contributed by atoms with Crippen LogP contribution in [0.4, 0.5) is 0 Å². The molecule has 0 aliphatic carbocycles. The quantitative estimate of drug-likeness (QED) is 0.539. The van der Waals surface area contributed by atoms with Crippen LogP contribution in [0.3, 0.4) is 0 Å². The number of aryl methyl sites for hydroxylation is 1. The van der Waals surface area contributed by atoms with E-state index in [9.17, 15) is 0 Å². The summed E-state index contributed by atoms with van der Waals surface area (Å²) in [6.45, 7) is 3.02. The van der Waals surface area contributed by atoms with Crippen LogP contribution in [0.5, 0.6) is 11.5 Å². The topological polar surface area (TPSA) is 18.5 Å². The number of rotatable bonds is 6. The summed E-state index contributed by atoms with van der Waals surface area (Å²) in [6, 6.07) is 13.7. The first kappa shape index (κ1) is 15.2. The third-order valence-corrected chi connectivity index (χ3v) is 3.60. The highest BCUT2D eigenvalue weighted by molar-refractivity contribution is 9.10. The van der Waals surface area contributed by atoms with E-state index in [-0.39, 0.29) is 0 Å². The first-order valence-electron chi connectivity index (χ1n) is 6.35. The summed E-state index contributed by atoms with van der Waals surface area (Å²) in [6.07, 6.45) is 0. The molecule has 0 N–H and O–H groups in total. The number of ether oxygens (including phenoxy) is 2. The summed E-state index contributed by atoms with van der Waals surface area (Å²) < 4.78 is 12.3. The summed E-state index contributed by atoms with van der Waals surface area (Å²) in [7, 11) is 0. The van der Waals surface area contributed by atoms with Crippen LogP contribution in [0.25, 0.3) is 0 Å². The predicted octanol–water partition coefficient (Wildman–Crippen LogP) is 4.95. The highest BCUT2D eigenvalue weighted by Gasteiger charge is 2.03. The second kappa shape index (κ2) is 7.55. The number of hydrogen-bond donors (Lipinski definition) is 0. The maximum absolute atomic E-state index is 5.91. The van der Waals surface area contributed by atoms with E-state index in [0.717, 1.165) is 21.5 Å². The lowest BCUT2D eigenvalue weighted by Crippen LogP contribution is -2.09. The Hall–Kier alpha value is -1.19. The monoisotopic (exact) mass is 354 g/mol. The van der Waals surface area contributed by atoms with E-state index in [1.165, 1.54) is 5.56 Å². The summed E-state index contributed by atoms with van der Waals surface area (Å²) in [5.74, 6) is 2.10. The molecule has 0 aliphatic heterocycles. The fraction of sp³-hybridized carbons (Fsp3) is 0.250. The molecular formula is C16H16BrClO2. The van der Waals surface area contributed by atoms with Crippen molar-refractivity contribution in [2.75, 3.05) is 13.2 Å². The number of hydrogen-bond acceptors (Lipinski definition) is 2. The van der Waals surface area contributed by atoms with Crippen molar-refractivity contribution in [2.45, 2.75) is 12.8 Å². The van der Waals surface area contributed by atoms with Crippen molar-refractivity contribution in [3.05, 3.63) is 58.1 Å². The van der Waals surface area contributed by atoms with Gasteiger partial charge in [-0.2, -0.15) is 0 Å². The largest absolute Gasteiger partial charge is 0.490 e. The Morgan fingerprint density at radius 3 is 2.40 bits per heavy atom. The Balaban J connectivity index is 1.82. The van der Waals surface area contributed by atoms with Crippen LogP contribution in [-0.4, -0.2) is 13.2 Å². The fourth-order valence-electron chi connectivity index (χ4n) is 1.80. The molecule has 2 rings (SSSR count). The van der Waals surface area contributed by atoms with E-state index < -0.39 is 0 Å². The molecule has 0 heterocycles. The number of alkyl halides is 1. The van der Waals surface area contributed by atoms with Crippen molar-refractivity contribution in [2.24, 2.45) is 0 Å². The Morgan fingerprint density at radius 1 is 1.00 bits per heavy atom. The Bertz CT molecular complexity index is 555. The lowest BCUT2D eigenvalue weighted by atomic mass is 10.1. The minimum atomic E-state index is 0.449. The molecule has 0 amide bonds. The minimum absolute atomic E-state index is 0.449. The molecule has 2 nitrogen and oxygen atoms in total. The zero-order valence-electron chi connectivity index (χ0n) is 11.2. The maximum Gasteiger partial charge on any atom is 0.123 e. The lowest BCUT2D eigenvalue weighted by Gasteiger charge is -2.11. The Morgan fingerprint density at radius 2 is 1.70 bits per heavy atom. The van der Waals surface area contributed by atoms with E-state index in [4.69, 9.17) is 21.1 Å². The van der Waals surface area contributed by atoms with Gasteiger partial charge in [0.1, 0.15) is 24.7 Å². The van der Waals surface area contributed by atoms with Crippen LogP contribution in [0.2, 0.25) is 0 Å². The Labute approximate surface area is 132 Å². The summed E-state index contributed by atoms with van der Waals surface area (Å²) >= 11 is 9.30. The van der Waals surface area contributed by atoms with Gasteiger partial charge in [0, 0.05) is 10.0 Å². The molecule has 4 heteroatoms. The molecule has 0 saturated heterocycles. The molecule has 0 radical (unpaired) electrons. The van der Waals surface area contributed by atoms with Gasteiger partial charge >= 0.3 is 0 Å². The van der Waals surface area contributed by atoms with Gasteiger partial charge in [0.25, 0.3) is 0 Å². The van der Waals surface area contributed by atoms with Crippen molar-refractivity contribution in [3.63, 3.8) is 0 Å². The molecule has 0 bridgehead atoms. The summed E-state index contributed by atoms with van der Waals surface area (Å²) in [5.41, 5.74) is 2.19. The lowest BCUT2D eigenvalue weighted by molar-refractivity contribution is 0.216. The molecule has 2 aromatic rings. The van der Waals surface area contributed by atoms with Crippen LogP contribution in [-0.2, 0) is 5.88 Å². The third-order valence-electron chi connectivity index (χ3n) is 2.78. The standard InChI is InChI=1S/C16H16BrClO2/c1-12-2-7-16(13(10-12)11-18)20-9-8-19-15-5-3-14(17)4-6-15/h2-7,10H,8-9,11H2,1H3. The van der Waals surface area contributed by atoms with Crippen LogP contribution < -0.4 is 9.47 Å². The zero-order valence-corrected chi connectivity index (χ0v) is 13.6. The normalized spacial score (nSPS) is 10.3. The van der Waals surface area contributed by atoms with E-state index >= 15 is 0 Å². The number of halogens is 2. The Kier molecular flexibility index (Phi) is 5.74. The third kappa shape index (κ3) is 4.43. The summed E-state index contributed by atoms with van der Waals surface area (Å²) in [5, 5.41) is 0. The second-order valence-corrected chi connectivity index (χ2v) is 5.58. The molecule has 0 spiro atoms. The molecular weight excluding hydrogens is 340 g/mol. The molecule has 0 saturated carbocycles. The highest BCUT2D eigenvalue weighted by atomic mass is 79.9. The van der Waals surface area contributed by atoms with E-state index in [0.29, 0.717) is 19.1 Å². The number of benzene rings is 2. The minimum Gasteiger partial charge on any atom is -0.490 e. The van der Waals surface area contributed by atoms with Gasteiger partial charge < -0.3 is 9.47 Å². The second-order valence-electron chi connectivity index (χ2n) is 4.40. The van der Waals surface area contributed by atoms with E-state index in [1.807, 2.05) is 49.4 Å². The summed E-state index contributed by atoms with van der Waals surface area (Å²) in [4.78, 5) is 0. The van der Waals surface area contributed by atoms with Crippen LogP contribution in [0, 0.1) is 6.92 Å². The molecule has 0 fully saturated rings. The molecule has 20 heavy (non-hydrogen) atoms. The van der Waals surface area contributed by atoms with Gasteiger partial charge in [-0.05, 0) is 37.3 Å². The molecule has 106 valence electrons. The average molecular weight is 356 g/mol. The van der Waals surface area contributed by atoms with Crippen molar-refractivity contribution < 1.29 is 9.47 Å². The predicted molar refractivity (Wildman–Crippen MR) is 85.9 cm³/mol. The van der Waals surface area contributed by atoms with Crippen LogP contribution in [0.15, 0.2) is 46.9 Å². The van der Waals surface area contributed by atoms with Crippen molar-refractivity contribution in [1.82, 2.24) is 0 Å². The van der Waals surface area contributed by atoms with Gasteiger partial charge in [-0.3, -0.25) is 0 Å². The van der Waals surface area contributed by atoms with Gasteiger partial charge in [-0.15, -0.1) is 11.6 Å². The van der Waals surface area contributed by atoms with Crippen molar-refractivity contribution >= 4 is 27.5 Å². The van der Waals surface area contributed by atoms with Gasteiger partial charge in [0.15, 0.2) is 0 Å². The van der Waals surface area contributed by atoms with E-state index in [2.05, 4.69) is 15.9 Å². The van der Waals surface area contributed by atoms with Crippen LogP contribution in [0.1, 0.15) is 11.1 Å². The zero-order chi connectivity index (χ0) is 14.4. The average Bonchev–Trinajstić information content (AvgIpc) is 2.46. The molecule has 0 unspecified atom stereocenters. The van der Waals surface area contributed by atoms with Crippen molar-refractivity contribution in [3.8, 4) is 11.5 Å². The molecule has 0 aliphatic rings. The highest BCUT2D eigenvalue weighted by Crippen LogP contribution is 2.22. The van der Waals surface area contributed by atoms with Crippen molar-refractivity contribution in [1.29, 1.82) is 0 Å². The first-order chi connectivity index (χ1) is 9.69. The fourth-order valence-corrected chi connectivity index (χ4v) is 2.27. The molecule has 0 atom stereocenters. The smallest absolute Gasteiger partial charge is 0.123 e. The van der Waals surface area contributed by atoms with Gasteiger partial charge in [-0.25, -0.2) is 0 Å². The van der Waals surface area contributed by atoms with Gasteiger partial charge in [0.05, 0.1) is 5.88 Å². The SMILES string of the molecule is Cc1ccc(OCCOc2ccc(Br)cc2)c(CCl)c1. The van der Waals surface area contributed by atoms with Crippen LogP contribution >= 0.6 is 27.5 Å². The van der Waals surface area contributed by atoms with Gasteiger partial charge in [0.2, 0.25) is 0 Å². The van der Waals surface area contributed by atoms with Gasteiger partial charge in [-0.1, -0.05) is 33.6 Å². The molecule has 2 aromatic carbocycles. The first-order valence-corrected chi connectivity index (χ1v) is 7.68. The molecule has 0 aromatic heterocycles. The maximum atomic E-state index is 5.91. The van der Waals surface area contributed by atoms with E-state index in [1.54, 1.807) is 0 Å².